The Morgan fingerprint density at radius 2 is 1.85 bits per heavy atom. The molecule has 0 unspecified atom stereocenters. The molecule has 27 heavy (non-hydrogen) atoms. The van der Waals surface area contributed by atoms with E-state index in [1.165, 1.54) is 23.5 Å². The van der Waals surface area contributed by atoms with Crippen molar-refractivity contribution in [3.8, 4) is 0 Å². The standard InChI is InChI=1S/C19H21FN4O2S/c20-14-6-1-2-7-15(14)21-16(25)18-23-22-17(27-18)12-8-10-24(11-9-12)19(26)13-4-3-5-13/h1-2,6-7,12-13H,3-5,8-11H2,(H,21,25). The van der Waals surface area contributed by atoms with Crippen molar-refractivity contribution >= 4 is 28.8 Å². The Morgan fingerprint density at radius 3 is 2.52 bits per heavy atom. The summed E-state index contributed by atoms with van der Waals surface area (Å²) in [4.78, 5) is 26.6. The van der Waals surface area contributed by atoms with Crippen LogP contribution in [0.2, 0.25) is 0 Å². The number of anilines is 1. The van der Waals surface area contributed by atoms with Crippen LogP contribution in [0.1, 0.15) is 52.8 Å². The maximum atomic E-state index is 13.7. The molecule has 1 aliphatic heterocycles. The molecule has 0 atom stereocenters. The van der Waals surface area contributed by atoms with Crippen LogP contribution in [0.15, 0.2) is 24.3 Å². The lowest BCUT2D eigenvalue weighted by atomic mass is 9.83. The van der Waals surface area contributed by atoms with Gasteiger partial charge in [-0.15, -0.1) is 10.2 Å². The quantitative estimate of drug-likeness (QED) is 0.871. The maximum absolute atomic E-state index is 13.7. The number of benzene rings is 1. The van der Waals surface area contributed by atoms with E-state index in [2.05, 4.69) is 15.5 Å². The van der Waals surface area contributed by atoms with Gasteiger partial charge in [0.05, 0.1) is 5.69 Å². The van der Waals surface area contributed by atoms with Crippen molar-refractivity contribution in [1.82, 2.24) is 15.1 Å². The maximum Gasteiger partial charge on any atom is 0.286 e. The molecule has 6 nitrogen and oxygen atoms in total. The number of nitrogens with zero attached hydrogens (tertiary/aromatic N) is 3. The zero-order chi connectivity index (χ0) is 18.8. The van der Waals surface area contributed by atoms with Crippen LogP contribution in [0.3, 0.4) is 0 Å². The van der Waals surface area contributed by atoms with Gasteiger partial charge in [0.15, 0.2) is 0 Å². The van der Waals surface area contributed by atoms with Crippen molar-refractivity contribution in [1.29, 1.82) is 0 Å². The van der Waals surface area contributed by atoms with Crippen molar-refractivity contribution in [2.24, 2.45) is 5.92 Å². The summed E-state index contributed by atoms with van der Waals surface area (Å²) >= 11 is 1.24. The number of para-hydroxylation sites is 1. The molecule has 2 heterocycles. The van der Waals surface area contributed by atoms with Gasteiger partial charge in [0.1, 0.15) is 10.8 Å². The third-order valence-corrected chi connectivity index (χ3v) is 6.45. The molecule has 8 heteroatoms. The molecule has 0 radical (unpaired) electrons. The second-order valence-electron chi connectivity index (χ2n) is 7.11. The number of nitrogens with one attached hydrogen (secondary N) is 1. The van der Waals surface area contributed by atoms with Gasteiger partial charge in [-0.25, -0.2) is 4.39 Å². The second-order valence-corrected chi connectivity index (χ2v) is 8.12. The predicted molar refractivity (Wildman–Crippen MR) is 100 cm³/mol. The van der Waals surface area contributed by atoms with Gasteiger partial charge in [-0.2, -0.15) is 0 Å². The third kappa shape index (κ3) is 3.85. The highest BCUT2D eigenvalue weighted by molar-refractivity contribution is 7.13. The summed E-state index contributed by atoms with van der Waals surface area (Å²) in [6, 6.07) is 6.02. The number of carbonyl (C=O) groups is 2. The number of carbonyl (C=O) groups excluding carboxylic acids is 2. The summed E-state index contributed by atoms with van der Waals surface area (Å²) in [5, 5.41) is 11.7. The Morgan fingerprint density at radius 1 is 1.11 bits per heavy atom. The summed E-state index contributed by atoms with van der Waals surface area (Å²) < 4.78 is 13.7. The molecule has 2 aliphatic rings. The van der Waals surface area contributed by atoms with E-state index >= 15 is 0 Å². The van der Waals surface area contributed by atoms with Crippen molar-refractivity contribution in [3.05, 3.63) is 40.1 Å². The summed E-state index contributed by atoms with van der Waals surface area (Å²) in [6.07, 6.45) is 4.88. The molecule has 1 aliphatic carbocycles. The van der Waals surface area contributed by atoms with E-state index in [4.69, 9.17) is 0 Å². The van der Waals surface area contributed by atoms with Gasteiger partial charge >= 0.3 is 0 Å². The molecule has 2 amide bonds. The number of amides is 2. The highest BCUT2D eigenvalue weighted by Gasteiger charge is 2.33. The minimum absolute atomic E-state index is 0.127. The third-order valence-electron chi connectivity index (χ3n) is 5.37. The van der Waals surface area contributed by atoms with Crippen LogP contribution in [0.5, 0.6) is 0 Å². The Balaban J connectivity index is 1.35. The van der Waals surface area contributed by atoms with E-state index < -0.39 is 11.7 Å². The largest absolute Gasteiger partial charge is 0.342 e. The fourth-order valence-corrected chi connectivity index (χ4v) is 4.40. The van der Waals surface area contributed by atoms with Crippen LogP contribution in [0.25, 0.3) is 0 Å². The average molecular weight is 388 g/mol. The van der Waals surface area contributed by atoms with E-state index in [0.717, 1.165) is 50.2 Å². The number of piperidine rings is 1. The van der Waals surface area contributed by atoms with Crippen LogP contribution < -0.4 is 5.32 Å². The van der Waals surface area contributed by atoms with Crippen molar-refractivity contribution in [2.45, 2.75) is 38.0 Å². The molecule has 0 bridgehead atoms. The van der Waals surface area contributed by atoms with Gasteiger partial charge in [0, 0.05) is 24.9 Å². The molecule has 2 aromatic rings. The van der Waals surface area contributed by atoms with Crippen LogP contribution in [0.4, 0.5) is 10.1 Å². The van der Waals surface area contributed by atoms with Gasteiger partial charge in [0.2, 0.25) is 10.9 Å². The van der Waals surface area contributed by atoms with Crippen molar-refractivity contribution in [2.75, 3.05) is 18.4 Å². The Bertz CT molecular complexity index is 844. The molecule has 2 fully saturated rings. The summed E-state index contributed by atoms with van der Waals surface area (Å²) in [6.45, 7) is 1.46. The average Bonchev–Trinajstić information content (AvgIpc) is 3.12. The monoisotopic (exact) mass is 388 g/mol. The lowest BCUT2D eigenvalue weighted by Gasteiger charge is -2.36. The molecular formula is C19H21FN4O2S. The number of likely N-dealkylation sites (tertiary alicyclic amines) is 1. The van der Waals surface area contributed by atoms with Crippen LogP contribution >= 0.6 is 11.3 Å². The first-order valence-corrected chi connectivity index (χ1v) is 10.1. The number of halogens is 1. The lowest BCUT2D eigenvalue weighted by molar-refractivity contribution is -0.139. The van der Waals surface area contributed by atoms with Crippen molar-refractivity contribution < 1.29 is 14.0 Å². The topological polar surface area (TPSA) is 75.2 Å². The number of hydrogen-bond donors (Lipinski definition) is 1. The highest BCUT2D eigenvalue weighted by atomic mass is 32.1. The SMILES string of the molecule is O=C(Nc1ccccc1F)c1nnc(C2CCN(C(=O)C3CCC3)CC2)s1. The van der Waals surface area contributed by atoms with Gasteiger partial charge in [0.25, 0.3) is 5.91 Å². The van der Waals surface area contributed by atoms with Gasteiger partial charge in [-0.1, -0.05) is 29.9 Å². The lowest BCUT2D eigenvalue weighted by Crippen LogP contribution is -2.43. The Kier molecular flexibility index (Phi) is 5.15. The second kappa shape index (κ2) is 7.72. The first kappa shape index (κ1) is 18.0. The minimum atomic E-state index is -0.487. The van der Waals surface area contributed by atoms with E-state index in [1.54, 1.807) is 12.1 Å². The van der Waals surface area contributed by atoms with E-state index in [1.807, 2.05) is 4.90 Å². The van der Waals surface area contributed by atoms with Gasteiger partial charge < -0.3 is 10.2 Å². The zero-order valence-corrected chi connectivity index (χ0v) is 15.7. The van der Waals surface area contributed by atoms with Crippen molar-refractivity contribution in [3.63, 3.8) is 0 Å². The molecular weight excluding hydrogens is 367 g/mol. The van der Waals surface area contributed by atoms with E-state index in [0.29, 0.717) is 5.91 Å². The summed E-state index contributed by atoms with van der Waals surface area (Å²) in [5.41, 5.74) is 0.127. The number of hydrogen-bond acceptors (Lipinski definition) is 5. The normalized spacial score (nSPS) is 18.2. The first-order valence-electron chi connectivity index (χ1n) is 9.30. The van der Waals surface area contributed by atoms with Crippen LogP contribution in [-0.4, -0.2) is 40.0 Å². The minimum Gasteiger partial charge on any atom is -0.342 e. The Labute approximate surface area is 160 Å². The van der Waals surface area contributed by atoms with E-state index in [-0.39, 0.29) is 22.5 Å². The molecule has 142 valence electrons. The predicted octanol–water partition coefficient (Wildman–Crippen LogP) is 3.44. The molecule has 1 saturated carbocycles. The van der Waals surface area contributed by atoms with Crippen LogP contribution in [-0.2, 0) is 4.79 Å². The van der Waals surface area contributed by atoms with Gasteiger partial charge in [-0.3, -0.25) is 9.59 Å². The molecule has 0 spiro atoms. The van der Waals surface area contributed by atoms with Crippen LogP contribution in [0, 0.1) is 11.7 Å². The number of aromatic nitrogens is 2. The smallest absolute Gasteiger partial charge is 0.286 e. The molecule has 4 rings (SSSR count). The molecule has 1 saturated heterocycles. The number of rotatable bonds is 4. The Hall–Kier alpha value is -2.35. The molecule has 1 N–H and O–H groups in total. The molecule has 1 aromatic carbocycles. The highest BCUT2D eigenvalue weighted by Crippen LogP contribution is 2.33. The van der Waals surface area contributed by atoms with E-state index in [9.17, 15) is 14.0 Å². The fraction of sp³-hybridized carbons (Fsp3) is 0.474. The fourth-order valence-electron chi connectivity index (χ4n) is 3.49. The van der Waals surface area contributed by atoms with Gasteiger partial charge in [-0.05, 0) is 37.8 Å². The summed E-state index contributed by atoms with van der Waals surface area (Å²) in [7, 11) is 0. The molecule has 1 aromatic heterocycles. The summed E-state index contributed by atoms with van der Waals surface area (Å²) in [5.74, 6) is -0.206. The zero-order valence-electron chi connectivity index (χ0n) is 14.9. The first-order chi connectivity index (χ1) is 13.1.